The molecule has 3 rings (SSSR count). The van der Waals surface area contributed by atoms with Crippen LogP contribution < -0.4 is 20.3 Å². The van der Waals surface area contributed by atoms with Crippen molar-refractivity contribution in [1.29, 1.82) is 0 Å². The third-order valence-electron chi connectivity index (χ3n) is 4.42. The molecule has 0 radical (unpaired) electrons. The molecule has 1 heterocycles. The van der Waals surface area contributed by atoms with Crippen molar-refractivity contribution in [2.75, 3.05) is 6.61 Å². The van der Waals surface area contributed by atoms with E-state index in [4.69, 9.17) is 17.0 Å². The van der Waals surface area contributed by atoms with Crippen LogP contribution in [-0.4, -0.2) is 36.5 Å². The molecular weight excluding hydrogens is 451 g/mol. The minimum absolute atomic E-state index is 0.156. The van der Waals surface area contributed by atoms with Gasteiger partial charge in [-0.3, -0.25) is 0 Å². The number of nitrogens with one attached hydrogen (secondary N) is 1. The van der Waals surface area contributed by atoms with Crippen molar-refractivity contribution >= 4 is 41.6 Å². The molecule has 0 bridgehead atoms. The van der Waals surface area contributed by atoms with E-state index in [1.54, 1.807) is 6.92 Å². The Morgan fingerprint density at radius 2 is 1.90 bits per heavy atom. The Bertz CT molecular complexity index is 1110. The van der Waals surface area contributed by atoms with Crippen LogP contribution in [0.2, 0.25) is 0 Å². The summed E-state index contributed by atoms with van der Waals surface area (Å²) >= 11 is 4.92. The molecule has 1 atom stereocenters. The van der Waals surface area contributed by atoms with E-state index in [1.165, 1.54) is 5.37 Å². The molecule has 29 heavy (non-hydrogen) atoms. The first-order valence-corrected chi connectivity index (χ1v) is 11.3. The molecule has 0 amide bonds. The zero-order valence-corrected chi connectivity index (χ0v) is 18.8. The van der Waals surface area contributed by atoms with Gasteiger partial charge in [0.25, 0.3) is 0 Å². The van der Waals surface area contributed by atoms with E-state index in [0.717, 1.165) is 20.2 Å². The first-order valence-electron chi connectivity index (χ1n) is 9.16. The number of thiocarbonyl (C=S) groups is 1. The summed E-state index contributed by atoms with van der Waals surface area (Å²) in [5, 5.41) is 1.41. The van der Waals surface area contributed by atoms with Crippen molar-refractivity contribution in [3.8, 4) is 0 Å². The van der Waals surface area contributed by atoms with Gasteiger partial charge in [0.05, 0.1) is 0 Å². The number of H-pyrrole nitrogens is 1. The molecule has 0 aliphatic rings. The Morgan fingerprint density at radius 3 is 2.59 bits per heavy atom. The van der Waals surface area contributed by atoms with Crippen molar-refractivity contribution in [1.82, 2.24) is 9.55 Å². The summed E-state index contributed by atoms with van der Waals surface area (Å²) in [6, 6.07) is 17.2. The van der Waals surface area contributed by atoms with Gasteiger partial charge in [-0.05, 0) is 0 Å². The van der Waals surface area contributed by atoms with Gasteiger partial charge in [-0.1, -0.05) is 0 Å². The van der Waals surface area contributed by atoms with Crippen LogP contribution in [0.4, 0.5) is 0 Å². The van der Waals surface area contributed by atoms with E-state index in [1.807, 2.05) is 55.5 Å². The summed E-state index contributed by atoms with van der Waals surface area (Å²) < 4.78 is 8.65. The number of aromatic amines is 1. The summed E-state index contributed by atoms with van der Waals surface area (Å²) in [5.74, 6) is 0. The van der Waals surface area contributed by atoms with Gasteiger partial charge in [0.2, 0.25) is 0 Å². The Labute approximate surface area is 180 Å². The van der Waals surface area contributed by atoms with Crippen molar-refractivity contribution < 1.29 is 4.74 Å². The van der Waals surface area contributed by atoms with Crippen LogP contribution in [0.15, 0.2) is 64.2 Å². The van der Waals surface area contributed by atoms with Gasteiger partial charge in [0.15, 0.2) is 0 Å². The Hall–Kier alpha value is -2.31. The third kappa shape index (κ3) is 5.40. The topological polar surface area (TPSA) is 64.1 Å². The van der Waals surface area contributed by atoms with Crippen LogP contribution in [0.25, 0.3) is 0 Å². The van der Waals surface area contributed by atoms with Gasteiger partial charge in [0, 0.05) is 0 Å². The quantitative estimate of drug-likeness (QED) is 0.399. The van der Waals surface area contributed by atoms with Crippen LogP contribution >= 0.6 is 12.2 Å². The predicted octanol–water partition coefficient (Wildman–Crippen LogP) is 1.57. The Balaban J connectivity index is 1.81. The molecule has 5 nitrogen and oxygen atoms in total. The summed E-state index contributed by atoms with van der Waals surface area (Å²) in [6.07, 6.45) is 0. The van der Waals surface area contributed by atoms with Crippen molar-refractivity contribution in [2.24, 2.45) is 0 Å². The SMILES string of the molecule is Cc1cccc([Se]c2[nH]c(=O)n(C(C=S)COCc3ccccc3)c(=O)c2C)c1. The molecular formula is C22H22N2O3SSe. The molecule has 1 aromatic heterocycles. The van der Waals surface area contributed by atoms with Crippen LogP contribution in [0.3, 0.4) is 0 Å². The van der Waals surface area contributed by atoms with E-state index in [9.17, 15) is 9.59 Å². The molecule has 2 aromatic carbocycles. The minimum atomic E-state index is -0.607. The second-order valence-corrected chi connectivity index (χ2v) is 9.23. The van der Waals surface area contributed by atoms with Crippen molar-refractivity contribution in [3.63, 3.8) is 0 Å². The predicted molar refractivity (Wildman–Crippen MR) is 121 cm³/mol. The zero-order chi connectivity index (χ0) is 20.8. The second-order valence-electron chi connectivity index (χ2n) is 6.68. The van der Waals surface area contributed by atoms with Gasteiger partial charge in [0.1, 0.15) is 0 Å². The van der Waals surface area contributed by atoms with E-state index in [2.05, 4.69) is 11.1 Å². The molecule has 0 fully saturated rings. The number of benzene rings is 2. The number of aromatic nitrogens is 2. The normalized spacial score (nSPS) is 11.9. The molecule has 150 valence electrons. The molecule has 0 aliphatic carbocycles. The standard InChI is InChI=1S/C22H22N2O3SSe/c1-15-7-6-10-19(11-15)29-20-16(2)21(25)24(22(26)23-20)18(14-28)13-27-12-17-8-4-3-5-9-17/h3-11,14,18H,12-13H2,1-2H3,(H,23,26). The summed E-state index contributed by atoms with van der Waals surface area (Å²) in [4.78, 5) is 28.5. The van der Waals surface area contributed by atoms with Gasteiger partial charge in [-0.25, -0.2) is 0 Å². The summed E-state index contributed by atoms with van der Waals surface area (Å²) in [6.45, 7) is 4.31. The molecule has 0 saturated heterocycles. The van der Waals surface area contributed by atoms with Gasteiger partial charge < -0.3 is 0 Å². The molecule has 1 N–H and O–H groups in total. The first kappa shape index (κ1) is 21.4. The van der Waals surface area contributed by atoms with E-state index >= 15 is 0 Å². The van der Waals surface area contributed by atoms with Crippen molar-refractivity contribution in [2.45, 2.75) is 26.5 Å². The molecule has 0 spiro atoms. The van der Waals surface area contributed by atoms with E-state index in [-0.39, 0.29) is 27.1 Å². The third-order valence-corrected chi connectivity index (χ3v) is 7.04. The van der Waals surface area contributed by atoms with Gasteiger partial charge >= 0.3 is 181 Å². The number of hydrogen-bond acceptors (Lipinski definition) is 4. The van der Waals surface area contributed by atoms with Gasteiger partial charge in [-0.2, -0.15) is 0 Å². The van der Waals surface area contributed by atoms with E-state index in [0.29, 0.717) is 16.8 Å². The second kappa shape index (κ2) is 9.94. The number of rotatable bonds is 8. The van der Waals surface area contributed by atoms with Crippen LogP contribution in [0.1, 0.15) is 22.7 Å². The first-order chi connectivity index (χ1) is 14.0. The average Bonchev–Trinajstić information content (AvgIpc) is 2.71. The number of ether oxygens (including phenoxy) is 1. The average molecular weight is 473 g/mol. The van der Waals surface area contributed by atoms with Crippen LogP contribution in [-0.2, 0) is 11.3 Å². The number of hydrogen-bond donors (Lipinski definition) is 1. The molecule has 7 heteroatoms. The maximum atomic E-state index is 12.9. The van der Waals surface area contributed by atoms with Crippen LogP contribution in [0, 0.1) is 13.8 Å². The summed E-state index contributed by atoms with van der Waals surface area (Å²) in [7, 11) is 0. The van der Waals surface area contributed by atoms with Crippen LogP contribution in [0.5, 0.6) is 0 Å². The van der Waals surface area contributed by atoms with E-state index < -0.39 is 11.7 Å². The zero-order valence-electron chi connectivity index (χ0n) is 16.3. The maximum absolute atomic E-state index is 12.9. The fourth-order valence-electron chi connectivity index (χ4n) is 2.87. The number of nitrogens with zero attached hydrogens (tertiary/aromatic N) is 1. The van der Waals surface area contributed by atoms with Crippen molar-refractivity contribution in [3.05, 3.63) is 92.1 Å². The fourth-order valence-corrected chi connectivity index (χ4v) is 5.18. The molecule has 0 saturated carbocycles. The fraction of sp³-hybridized carbons (Fsp3) is 0.227. The number of aryl methyl sites for hydroxylation is 1. The van der Waals surface area contributed by atoms with Gasteiger partial charge in [-0.15, -0.1) is 0 Å². The molecule has 0 aliphatic heterocycles. The Kier molecular flexibility index (Phi) is 7.34. The Morgan fingerprint density at radius 1 is 1.14 bits per heavy atom. The molecule has 3 aromatic rings. The summed E-state index contributed by atoms with van der Waals surface area (Å²) in [5.41, 5.74) is 1.92. The monoisotopic (exact) mass is 474 g/mol. The molecule has 1 unspecified atom stereocenters.